The summed E-state index contributed by atoms with van der Waals surface area (Å²) in [7, 11) is -0.153. The standard InChI is InChI=1S/C14H27N4O2P/c1-9(2)13(19)12-5-3-4-6-17-8-10(15)7-11(16)14(20)21-18-12/h8-9,11-12,17-18,21H,3-7,15-16H2,1-2H3/b10-8-. The van der Waals surface area contributed by atoms with Crippen molar-refractivity contribution in [2.45, 2.75) is 51.6 Å². The molecule has 3 atom stereocenters. The summed E-state index contributed by atoms with van der Waals surface area (Å²) in [5, 5.41) is 6.22. The topological polar surface area (TPSA) is 110 Å². The van der Waals surface area contributed by atoms with Crippen molar-refractivity contribution in [3.8, 4) is 0 Å². The van der Waals surface area contributed by atoms with Crippen molar-refractivity contribution in [2.75, 3.05) is 6.54 Å². The van der Waals surface area contributed by atoms with Crippen molar-refractivity contribution in [3.05, 3.63) is 11.9 Å². The van der Waals surface area contributed by atoms with Gasteiger partial charge in [-0.05, 0) is 19.3 Å². The molecule has 3 unspecified atom stereocenters. The Hall–Kier alpha value is -0.970. The van der Waals surface area contributed by atoms with Crippen LogP contribution in [0.25, 0.3) is 0 Å². The van der Waals surface area contributed by atoms with Gasteiger partial charge in [-0.3, -0.25) is 14.7 Å². The highest BCUT2D eigenvalue weighted by molar-refractivity contribution is 7.56. The fraction of sp³-hybridized carbons (Fsp3) is 0.714. The summed E-state index contributed by atoms with van der Waals surface area (Å²) in [4.78, 5) is 24.2. The molecule has 7 heteroatoms. The van der Waals surface area contributed by atoms with Gasteiger partial charge in [0.25, 0.3) is 0 Å². The van der Waals surface area contributed by atoms with Crippen LogP contribution in [-0.2, 0) is 9.59 Å². The molecular formula is C14H27N4O2P. The van der Waals surface area contributed by atoms with Gasteiger partial charge in [0.1, 0.15) is 0 Å². The molecule has 0 aromatic heterocycles. The van der Waals surface area contributed by atoms with Gasteiger partial charge in [0.2, 0.25) is 0 Å². The van der Waals surface area contributed by atoms with Gasteiger partial charge in [0.05, 0.1) is 12.1 Å². The lowest BCUT2D eigenvalue weighted by molar-refractivity contribution is -0.123. The molecule has 1 rings (SSSR count). The maximum atomic E-state index is 12.2. The molecule has 0 bridgehead atoms. The molecule has 21 heavy (non-hydrogen) atoms. The number of nitrogens with one attached hydrogen (secondary N) is 2. The van der Waals surface area contributed by atoms with E-state index >= 15 is 0 Å². The SMILES string of the molecule is CC(C)C(=O)C1CCCCN/C=C(\N)CC(N)C(=O)PN1. The lowest BCUT2D eigenvalue weighted by Gasteiger charge is -2.20. The highest BCUT2D eigenvalue weighted by Gasteiger charge is 2.23. The van der Waals surface area contributed by atoms with E-state index < -0.39 is 6.04 Å². The Labute approximate surface area is 128 Å². The molecule has 120 valence electrons. The predicted molar refractivity (Wildman–Crippen MR) is 86.8 cm³/mol. The maximum Gasteiger partial charge on any atom is 0.183 e. The first kappa shape index (κ1) is 18.1. The van der Waals surface area contributed by atoms with Gasteiger partial charge in [-0.1, -0.05) is 13.8 Å². The third-order valence-electron chi connectivity index (χ3n) is 3.43. The zero-order valence-corrected chi connectivity index (χ0v) is 13.8. The third-order valence-corrected chi connectivity index (χ3v) is 4.54. The zero-order valence-electron chi connectivity index (χ0n) is 12.8. The summed E-state index contributed by atoms with van der Waals surface area (Å²) in [6.07, 6.45) is 4.67. The molecule has 0 saturated carbocycles. The van der Waals surface area contributed by atoms with Crippen molar-refractivity contribution in [3.63, 3.8) is 0 Å². The van der Waals surface area contributed by atoms with Crippen LogP contribution in [0.4, 0.5) is 0 Å². The van der Waals surface area contributed by atoms with E-state index in [4.69, 9.17) is 11.5 Å². The molecule has 0 amide bonds. The molecule has 0 aliphatic carbocycles. The van der Waals surface area contributed by atoms with Gasteiger partial charge in [0, 0.05) is 39.5 Å². The van der Waals surface area contributed by atoms with Crippen LogP contribution in [0.3, 0.4) is 0 Å². The largest absolute Gasteiger partial charge is 0.401 e. The summed E-state index contributed by atoms with van der Waals surface area (Å²) < 4.78 is 0. The van der Waals surface area contributed by atoms with E-state index in [1.54, 1.807) is 6.20 Å². The number of carbonyl (C=O) groups excluding carboxylic acids is 2. The smallest absolute Gasteiger partial charge is 0.183 e. The Kier molecular flexibility index (Phi) is 7.86. The van der Waals surface area contributed by atoms with Crippen LogP contribution in [0.15, 0.2) is 11.9 Å². The molecule has 0 aromatic rings. The Morgan fingerprint density at radius 2 is 2.14 bits per heavy atom. The van der Waals surface area contributed by atoms with E-state index in [0.29, 0.717) is 12.1 Å². The van der Waals surface area contributed by atoms with Crippen LogP contribution >= 0.6 is 8.73 Å². The molecule has 6 nitrogen and oxygen atoms in total. The zero-order chi connectivity index (χ0) is 15.8. The van der Waals surface area contributed by atoms with Crippen molar-refractivity contribution in [2.24, 2.45) is 17.4 Å². The van der Waals surface area contributed by atoms with Crippen molar-refractivity contribution < 1.29 is 9.59 Å². The average molecular weight is 314 g/mol. The number of hydrogen-bond donors (Lipinski definition) is 4. The molecule has 0 radical (unpaired) electrons. The maximum absolute atomic E-state index is 12.2. The summed E-state index contributed by atoms with van der Waals surface area (Å²) in [6.45, 7) is 4.57. The Morgan fingerprint density at radius 3 is 2.81 bits per heavy atom. The summed E-state index contributed by atoms with van der Waals surface area (Å²) in [6, 6.07) is -0.880. The van der Waals surface area contributed by atoms with E-state index in [2.05, 4.69) is 10.4 Å². The number of hydrogen-bond acceptors (Lipinski definition) is 6. The molecular weight excluding hydrogens is 287 g/mol. The summed E-state index contributed by atoms with van der Waals surface area (Å²) in [5.74, 6) is 0.117. The summed E-state index contributed by atoms with van der Waals surface area (Å²) >= 11 is 0. The highest BCUT2D eigenvalue weighted by Crippen LogP contribution is 2.17. The quantitative estimate of drug-likeness (QED) is 0.555. The molecule has 0 aromatic carbocycles. The summed E-state index contributed by atoms with van der Waals surface area (Å²) in [5.41, 5.74) is 12.2. The van der Waals surface area contributed by atoms with Gasteiger partial charge >= 0.3 is 0 Å². The number of nitrogens with two attached hydrogens (primary N) is 2. The first-order chi connectivity index (χ1) is 9.91. The van der Waals surface area contributed by atoms with Crippen LogP contribution in [0.2, 0.25) is 0 Å². The first-order valence-corrected chi connectivity index (χ1v) is 8.44. The molecule has 1 aliphatic heterocycles. The fourth-order valence-corrected chi connectivity index (χ4v) is 3.01. The van der Waals surface area contributed by atoms with Crippen molar-refractivity contribution in [1.29, 1.82) is 0 Å². The van der Waals surface area contributed by atoms with E-state index in [-0.39, 0.29) is 32.0 Å². The minimum absolute atomic E-state index is 0.0396. The van der Waals surface area contributed by atoms with Crippen LogP contribution in [0.5, 0.6) is 0 Å². The second-order valence-corrected chi connectivity index (χ2v) is 6.75. The second kappa shape index (κ2) is 9.13. The third kappa shape index (κ3) is 6.55. The average Bonchev–Trinajstić information content (AvgIpc) is 2.44. The van der Waals surface area contributed by atoms with Gasteiger partial charge in [-0.25, -0.2) is 0 Å². The number of carbonyl (C=O) groups is 2. The molecule has 1 aliphatic rings. The van der Waals surface area contributed by atoms with Crippen LogP contribution in [0.1, 0.15) is 39.5 Å². The number of ketones is 1. The molecule has 1 heterocycles. The minimum atomic E-state index is -0.621. The lowest BCUT2D eigenvalue weighted by Crippen LogP contribution is -2.37. The monoisotopic (exact) mass is 314 g/mol. The molecule has 0 saturated heterocycles. The number of rotatable bonds is 2. The second-order valence-electron chi connectivity index (χ2n) is 5.72. The highest BCUT2D eigenvalue weighted by atomic mass is 31.1. The minimum Gasteiger partial charge on any atom is -0.401 e. The first-order valence-electron chi connectivity index (χ1n) is 7.44. The Balaban J connectivity index is 2.71. The van der Waals surface area contributed by atoms with E-state index in [1.807, 2.05) is 13.8 Å². The molecule has 0 spiro atoms. The van der Waals surface area contributed by atoms with Gasteiger partial charge in [-0.15, -0.1) is 0 Å². The van der Waals surface area contributed by atoms with Gasteiger partial charge < -0.3 is 16.8 Å². The Bertz CT molecular complexity index is 398. The van der Waals surface area contributed by atoms with Crippen LogP contribution < -0.4 is 21.9 Å². The number of Topliss-reactive ketones (excluding diaryl/α,β-unsaturated/α-hetero) is 1. The lowest BCUT2D eigenvalue weighted by atomic mass is 9.98. The normalized spacial score (nSPS) is 29.7. The predicted octanol–water partition coefficient (Wildman–Crippen LogP) is 0.581. The van der Waals surface area contributed by atoms with Crippen molar-refractivity contribution in [1.82, 2.24) is 10.4 Å². The van der Waals surface area contributed by atoms with E-state index in [0.717, 1.165) is 25.8 Å². The van der Waals surface area contributed by atoms with Gasteiger partial charge in [-0.2, -0.15) is 0 Å². The van der Waals surface area contributed by atoms with E-state index in [9.17, 15) is 9.59 Å². The fourth-order valence-electron chi connectivity index (χ4n) is 2.12. The molecule has 0 fully saturated rings. The van der Waals surface area contributed by atoms with Crippen LogP contribution in [-0.4, -0.2) is 29.9 Å². The van der Waals surface area contributed by atoms with Gasteiger partial charge in [0.15, 0.2) is 11.3 Å². The van der Waals surface area contributed by atoms with Crippen LogP contribution in [0, 0.1) is 5.92 Å². The van der Waals surface area contributed by atoms with E-state index in [1.165, 1.54) is 0 Å². The molecule has 6 N–H and O–H groups in total. The van der Waals surface area contributed by atoms with Crippen molar-refractivity contribution >= 4 is 20.0 Å². The Morgan fingerprint density at radius 1 is 1.43 bits per heavy atom.